The Balaban J connectivity index is 1.34. The van der Waals surface area contributed by atoms with Crippen molar-refractivity contribution in [2.24, 2.45) is 5.92 Å². The molecule has 0 radical (unpaired) electrons. The molecule has 6 rings (SSSR count). The van der Waals surface area contributed by atoms with Gasteiger partial charge in [-0.2, -0.15) is 4.98 Å². The molecule has 1 unspecified atom stereocenters. The van der Waals surface area contributed by atoms with Crippen LogP contribution in [-0.2, 0) is 0 Å². The molecular weight excluding hydrogens is 516 g/mol. The van der Waals surface area contributed by atoms with Crippen molar-refractivity contribution in [3.05, 3.63) is 23.7 Å². The van der Waals surface area contributed by atoms with E-state index in [9.17, 15) is 15.0 Å². The topological polar surface area (TPSA) is 157 Å². The zero-order valence-electron chi connectivity index (χ0n) is 22.4. The van der Waals surface area contributed by atoms with Crippen LogP contribution in [0.2, 0.25) is 0 Å². The standard InChI is InChI=1S/C27H36N8O3S/c1-4-28-27(38)33-17-11-16(22(36)23(17)37)32-24-19(13(3)31-26(35-24)30-12(2)14-5-6-14)25-34-21-18(39-25)9-10-29-20(21)15-7-8-15/h9-10,12,14-17,22-23,36-37H,4-8,11H2,1-3H3,(H2,28,33,38)(H2,30,31,32,35)/t12-,16?,17+,22+,23-/m1/s1. The third kappa shape index (κ3) is 5.37. The number of urea groups is 1. The number of rotatable bonds is 9. The number of thiazole rings is 1. The molecule has 3 heterocycles. The van der Waals surface area contributed by atoms with E-state index in [1.165, 1.54) is 12.8 Å². The van der Waals surface area contributed by atoms with E-state index in [-0.39, 0.29) is 12.1 Å². The Labute approximate surface area is 231 Å². The monoisotopic (exact) mass is 552 g/mol. The number of amides is 2. The summed E-state index contributed by atoms with van der Waals surface area (Å²) in [5.41, 5.74) is 3.51. The number of anilines is 2. The van der Waals surface area contributed by atoms with Crippen LogP contribution in [0.5, 0.6) is 0 Å². The molecule has 12 heteroatoms. The molecular formula is C27H36N8O3S. The third-order valence-electron chi connectivity index (χ3n) is 7.95. The molecule has 0 saturated heterocycles. The smallest absolute Gasteiger partial charge is 0.315 e. The Morgan fingerprint density at radius 1 is 1.13 bits per heavy atom. The number of hydrogen-bond donors (Lipinski definition) is 6. The summed E-state index contributed by atoms with van der Waals surface area (Å²) in [7, 11) is 0. The minimum Gasteiger partial charge on any atom is -0.388 e. The first kappa shape index (κ1) is 26.1. The van der Waals surface area contributed by atoms with E-state index in [1.54, 1.807) is 11.3 Å². The van der Waals surface area contributed by atoms with Crippen LogP contribution < -0.4 is 21.3 Å². The third-order valence-corrected chi connectivity index (χ3v) is 8.99. The molecule has 0 bridgehead atoms. The minimum absolute atomic E-state index is 0.252. The number of fused-ring (bicyclic) bond motifs is 1. The van der Waals surface area contributed by atoms with Gasteiger partial charge in [0.05, 0.1) is 33.7 Å². The summed E-state index contributed by atoms with van der Waals surface area (Å²) in [6, 6.07) is 0.739. The van der Waals surface area contributed by atoms with Crippen LogP contribution in [0, 0.1) is 12.8 Å². The molecule has 6 N–H and O–H groups in total. The van der Waals surface area contributed by atoms with Gasteiger partial charge in [0.1, 0.15) is 28.6 Å². The van der Waals surface area contributed by atoms with E-state index in [2.05, 4.69) is 33.2 Å². The highest BCUT2D eigenvalue weighted by atomic mass is 32.1. The number of pyridine rings is 1. The minimum atomic E-state index is -1.11. The Morgan fingerprint density at radius 2 is 1.90 bits per heavy atom. The summed E-state index contributed by atoms with van der Waals surface area (Å²) < 4.78 is 1.07. The first-order chi connectivity index (χ1) is 18.8. The van der Waals surface area contributed by atoms with Gasteiger partial charge in [0.15, 0.2) is 0 Å². The van der Waals surface area contributed by atoms with E-state index in [4.69, 9.17) is 15.0 Å². The summed E-state index contributed by atoms with van der Waals surface area (Å²) in [6.45, 7) is 6.38. The van der Waals surface area contributed by atoms with Gasteiger partial charge in [0.2, 0.25) is 5.95 Å². The molecule has 0 aliphatic heterocycles. The highest BCUT2D eigenvalue weighted by molar-refractivity contribution is 7.21. The number of carbonyl (C=O) groups excluding carboxylic acids is 1. The van der Waals surface area contributed by atoms with E-state index >= 15 is 0 Å². The van der Waals surface area contributed by atoms with Crippen molar-refractivity contribution in [1.29, 1.82) is 0 Å². The molecule has 3 fully saturated rings. The molecule has 5 atom stereocenters. The summed E-state index contributed by atoms with van der Waals surface area (Å²) in [5.74, 6) is 2.15. The van der Waals surface area contributed by atoms with E-state index < -0.39 is 24.3 Å². The average molecular weight is 553 g/mol. The SMILES string of the molecule is CCNC(=O)N[C@H]1CC(Nc2nc(N[C@H](C)C3CC3)nc(C)c2-c2nc3c(C4CC4)nccc3s2)[C@H](O)[C@@H]1O. The first-order valence-electron chi connectivity index (χ1n) is 13.9. The number of carbonyl (C=O) groups is 1. The number of aliphatic hydroxyl groups excluding tert-OH is 2. The molecule has 0 spiro atoms. The van der Waals surface area contributed by atoms with Crippen molar-refractivity contribution in [2.75, 3.05) is 17.2 Å². The molecule has 3 aliphatic rings. The molecule has 3 aromatic heterocycles. The zero-order valence-corrected chi connectivity index (χ0v) is 23.3. The normalized spacial score (nSPS) is 25.5. The van der Waals surface area contributed by atoms with Crippen LogP contribution in [0.25, 0.3) is 20.8 Å². The number of nitrogens with one attached hydrogen (secondary N) is 4. The molecule has 3 aliphatic carbocycles. The van der Waals surface area contributed by atoms with Crippen molar-refractivity contribution in [2.45, 2.75) is 89.1 Å². The number of hydrogen-bond acceptors (Lipinski definition) is 10. The predicted molar refractivity (Wildman–Crippen MR) is 151 cm³/mol. The van der Waals surface area contributed by atoms with Gasteiger partial charge in [-0.1, -0.05) is 0 Å². The largest absolute Gasteiger partial charge is 0.388 e. The fourth-order valence-electron chi connectivity index (χ4n) is 5.43. The van der Waals surface area contributed by atoms with E-state index in [0.29, 0.717) is 36.6 Å². The lowest BCUT2D eigenvalue weighted by Crippen LogP contribution is -2.47. The quantitative estimate of drug-likeness (QED) is 0.235. The molecule has 39 heavy (non-hydrogen) atoms. The number of nitrogens with zero attached hydrogens (tertiary/aromatic N) is 4. The molecule has 208 valence electrons. The summed E-state index contributed by atoms with van der Waals surface area (Å²) >= 11 is 1.58. The Morgan fingerprint density at radius 3 is 2.62 bits per heavy atom. The fraction of sp³-hybridized carbons (Fsp3) is 0.593. The van der Waals surface area contributed by atoms with Gasteiger partial charge in [-0.3, -0.25) is 4.98 Å². The van der Waals surface area contributed by atoms with Gasteiger partial charge >= 0.3 is 6.03 Å². The zero-order chi connectivity index (χ0) is 27.3. The van der Waals surface area contributed by atoms with Crippen LogP contribution in [-0.4, -0.2) is 73.1 Å². The number of aromatic nitrogens is 4. The second kappa shape index (κ2) is 10.5. The maximum absolute atomic E-state index is 12.1. The van der Waals surface area contributed by atoms with Gasteiger partial charge in [-0.25, -0.2) is 14.8 Å². The van der Waals surface area contributed by atoms with Crippen LogP contribution in [0.4, 0.5) is 16.6 Å². The summed E-state index contributed by atoms with van der Waals surface area (Å²) in [5, 5.41) is 34.7. The predicted octanol–water partition coefficient (Wildman–Crippen LogP) is 3.14. The van der Waals surface area contributed by atoms with Gasteiger partial charge < -0.3 is 31.5 Å². The molecule has 0 aromatic carbocycles. The van der Waals surface area contributed by atoms with Crippen LogP contribution in [0.3, 0.4) is 0 Å². The van der Waals surface area contributed by atoms with Gasteiger partial charge in [-0.05, 0) is 64.9 Å². The fourth-order valence-corrected chi connectivity index (χ4v) is 6.49. The maximum atomic E-state index is 12.1. The maximum Gasteiger partial charge on any atom is 0.315 e. The van der Waals surface area contributed by atoms with Crippen LogP contribution >= 0.6 is 11.3 Å². The molecule has 11 nitrogen and oxygen atoms in total. The Hall–Kier alpha value is -3.09. The van der Waals surface area contributed by atoms with Crippen molar-refractivity contribution in [3.8, 4) is 10.6 Å². The second-order valence-corrected chi connectivity index (χ2v) is 12.1. The first-order valence-corrected chi connectivity index (χ1v) is 14.7. The highest BCUT2D eigenvalue weighted by Gasteiger charge is 2.43. The van der Waals surface area contributed by atoms with Crippen molar-refractivity contribution in [3.63, 3.8) is 0 Å². The van der Waals surface area contributed by atoms with Crippen LogP contribution in [0.15, 0.2) is 12.3 Å². The van der Waals surface area contributed by atoms with Crippen molar-refractivity contribution < 1.29 is 15.0 Å². The second-order valence-electron chi connectivity index (χ2n) is 11.0. The highest BCUT2D eigenvalue weighted by Crippen LogP contribution is 2.44. The molecule has 3 saturated carbocycles. The van der Waals surface area contributed by atoms with Crippen LogP contribution in [0.1, 0.15) is 63.3 Å². The van der Waals surface area contributed by atoms with Gasteiger partial charge in [0.25, 0.3) is 0 Å². The Kier molecular flexibility index (Phi) is 7.02. The lowest BCUT2D eigenvalue weighted by atomic mass is 10.1. The average Bonchev–Trinajstić information content (AvgIpc) is 3.82. The van der Waals surface area contributed by atoms with Crippen molar-refractivity contribution >= 4 is 39.4 Å². The summed E-state index contributed by atoms with van der Waals surface area (Å²) in [6.07, 6.45) is 4.66. The molecule has 2 amide bonds. The number of aryl methyl sites for hydroxylation is 1. The Bertz CT molecular complexity index is 1370. The van der Waals surface area contributed by atoms with Gasteiger partial charge in [0, 0.05) is 24.7 Å². The van der Waals surface area contributed by atoms with Gasteiger partial charge in [-0.15, -0.1) is 11.3 Å². The lowest BCUT2D eigenvalue weighted by molar-refractivity contribution is 0.0282. The lowest BCUT2D eigenvalue weighted by Gasteiger charge is -2.22. The summed E-state index contributed by atoms with van der Waals surface area (Å²) in [4.78, 5) is 31.4. The van der Waals surface area contributed by atoms with Crippen molar-refractivity contribution in [1.82, 2.24) is 30.6 Å². The van der Waals surface area contributed by atoms with E-state index in [1.807, 2.05) is 26.1 Å². The van der Waals surface area contributed by atoms with E-state index in [0.717, 1.165) is 45.0 Å². The molecule has 3 aromatic rings. The number of aliphatic hydroxyl groups is 2.